The maximum atomic E-state index is 13.6. The molecule has 10 heteroatoms. The van der Waals surface area contributed by atoms with Crippen LogP contribution in [-0.2, 0) is 14.3 Å². The number of carboxylic acid groups (broad SMARTS) is 1. The molecule has 0 spiro atoms. The lowest BCUT2D eigenvalue weighted by atomic mass is 10.00. The minimum absolute atomic E-state index is 0.0971. The molecule has 2 aromatic heterocycles. The Balaban J connectivity index is 1.66. The normalized spacial score (nSPS) is 17.5. The number of carbonyl (C=O) groups is 2. The summed E-state index contributed by atoms with van der Waals surface area (Å²) in [5, 5.41) is 12.9. The van der Waals surface area contributed by atoms with Crippen LogP contribution in [0, 0.1) is 5.92 Å². The van der Waals surface area contributed by atoms with E-state index in [1.807, 2.05) is 26.8 Å². The highest BCUT2D eigenvalue weighted by molar-refractivity contribution is 5.83. The second-order valence-corrected chi connectivity index (χ2v) is 9.87. The van der Waals surface area contributed by atoms with E-state index in [0.29, 0.717) is 42.6 Å². The zero-order valence-electron chi connectivity index (χ0n) is 21.3. The van der Waals surface area contributed by atoms with Crippen LogP contribution in [0.25, 0.3) is 10.9 Å². The minimum Gasteiger partial charge on any atom is -0.481 e. The van der Waals surface area contributed by atoms with Crippen LogP contribution in [0.4, 0.5) is 5.69 Å². The van der Waals surface area contributed by atoms with E-state index >= 15 is 0 Å². The van der Waals surface area contributed by atoms with E-state index in [-0.39, 0.29) is 23.9 Å². The number of carboxylic acids is 1. The van der Waals surface area contributed by atoms with Crippen molar-refractivity contribution in [2.24, 2.45) is 5.92 Å². The summed E-state index contributed by atoms with van der Waals surface area (Å²) in [5.74, 6) is -1.40. The second-order valence-electron chi connectivity index (χ2n) is 9.87. The Morgan fingerprint density at radius 3 is 2.76 bits per heavy atom. The third kappa shape index (κ3) is 6.14. The quantitative estimate of drug-likeness (QED) is 0.453. The highest BCUT2D eigenvalue weighted by Gasteiger charge is 2.28. The molecule has 0 aliphatic carbocycles. The zero-order valence-corrected chi connectivity index (χ0v) is 21.3. The minimum atomic E-state index is -1.06. The molecule has 1 aliphatic heterocycles. The first-order valence-corrected chi connectivity index (χ1v) is 12.5. The van der Waals surface area contributed by atoms with Gasteiger partial charge < -0.3 is 20.1 Å². The van der Waals surface area contributed by atoms with Crippen LogP contribution in [-0.4, -0.2) is 57.3 Å². The summed E-state index contributed by atoms with van der Waals surface area (Å²) in [6.07, 6.45) is 4.76. The van der Waals surface area contributed by atoms with Gasteiger partial charge in [0.2, 0.25) is 5.91 Å². The van der Waals surface area contributed by atoms with Gasteiger partial charge in [-0.1, -0.05) is 26.0 Å². The molecule has 3 heterocycles. The average molecular weight is 508 g/mol. The van der Waals surface area contributed by atoms with Crippen molar-refractivity contribution in [1.29, 1.82) is 0 Å². The van der Waals surface area contributed by atoms with Crippen LogP contribution < -0.4 is 15.8 Å². The molecule has 1 aromatic carbocycles. The molecule has 4 rings (SSSR count). The molecule has 0 saturated carbocycles. The van der Waals surface area contributed by atoms with Gasteiger partial charge >= 0.3 is 5.97 Å². The largest absolute Gasteiger partial charge is 0.481 e. The third-order valence-corrected chi connectivity index (χ3v) is 6.57. The number of rotatable bonds is 9. The van der Waals surface area contributed by atoms with Crippen molar-refractivity contribution < 1.29 is 19.4 Å². The smallest absolute Gasteiger partial charge is 0.305 e. The van der Waals surface area contributed by atoms with Crippen molar-refractivity contribution in [3.05, 3.63) is 65.0 Å². The molecule has 1 amide bonds. The van der Waals surface area contributed by atoms with Crippen molar-refractivity contribution in [3.8, 4) is 0 Å². The highest BCUT2D eigenvalue weighted by atomic mass is 16.5. The number of nitrogens with one attached hydrogen (secondary N) is 1. The maximum Gasteiger partial charge on any atom is 0.305 e. The topological polar surface area (TPSA) is 127 Å². The molecular formula is C27H33N5O5. The van der Waals surface area contributed by atoms with Crippen LogP contribution in [0.1, 0.15) is 51.3 Å². The third-order valence-electron chi connectivity index (χ3n) is 6.57. The number of hydrogen-bond acceptors (Lipinski definition) is 7. The summed E-state index contributed by atoms with van der Waals surface area (Å²) in [4.78, 5) is 49.5. The Hall–Kier alpha value is -3.79. The fourth-order valence-electron chi connectivity index (χ4n) is 4.70. The summed E-state index contributed by atoms with van der Waals surface area (Å²) >= 11 is 0. The Morgan fingerprint density at radius 2 is 2.03 bits per heavy atom. The van der Waals surface area contributed by atoms with Gasteiger partial charge in [0.25, 0.3) is 5.56 Å². The first kappa shape index (κ1) is 26.3. The lowest BCUT2D eigenvalue weighted by Gasteiger charge is -2.35. The summed E-state index contributed by atoms with van der Waals surface area (Å²) < 4.78 is 6.87. The van der Waals surface area contributed by atoms with Gasteiger partial charge in [-0.25, -0.2) is 4.98 Å². The number of ether oxygens (including phenoxy) is 1. The maximum absolute atomic E-state index is 13.6. The Morgan fingerprint density at radius 1 is 1.24 bits per heavy atom. The number of benzene rings is 1. The van der Waals surface area contributed by atoms with E-state index in [4.69, 9.17) is 4.74 Å². The van der Waals surface area contributed by atoms with Gasteiger partial charge in [0.05, 0.1) is 54.8 Å². The number of anilines is 1. The molecule has 37 heavy (non-hydrogen) atoms. The molecule has 1 saturated heterocycles. The summed E-state index contributed by atoms with van der Waals surface area (Å²) in [5.41, 5.74) is 1.66. The highest BCUT2D eigenvalue weighted by Crippen LogP contribution is 2.26. The van der Waals surface area contributed by atoms with Crippen LogP contribution in [0.2, 0.25) is 0 Å². The van der Waals surface area contributed by atoms with E-state index in [2.05, 4.69) is 20.2 Å². The predicted octanol–water partition coefficient (Wildman–Crippen LogP) is 2.94. The second kappa shape index (κ2) is 11.5. The average Bonchev–Trinajstić information content (AvgIpc) is 2.87. The Bertz CT molecular complexity index is 1320. The van der Waals surface area contributed by atoms with Gasteiger partial charge in [-0.05, 0) is 43.0 Å². The fraction of sp³-hybridized carbons (Fsp3) is 0.444. The lowest BCUT2D eigenvalue weighted by Crippen LogP contribution is -2.44. The zero-order chi connectivity index (χ0) is 26.5. The summed E-state index contributed by atoms with van der Waals surface area (Å²) in [7, 11) is 0. The predicted molar refractivity (Wildman–Crippen MR) is 139 cm³/mol. The van der Waals surface area contributed by atoms with Crippen LogP contribution in [0.5, 0.6) is 0 Å². The number of nitrogens with zero attached hydrogens (tertiary/aromatic N) is 4. The number of morpholine rings is 1. The number of amides is 1. The number of hydrogen-bond donors (Lipinski definition) is 2. The van der Waals surface area contributed by atoms with Gasteiger partial charge in [0.15, 0.2) is 0 Å². The number of aromatic nitrogens is 3. The molecule has 0 bridgehead atoms. The fourth-order valence-corrected chi connectivity index (χ4v) is 4.70. The van der Waals surface area contributed by atoms with Gasteiger partial charge in [0.1, 0.15) is 6.04 Å². The van der Waals surface area contributed by atoms with E-state index in [1.54, 1.807) is 36.7 Å². The molecule has 10 nitrogen and oxygen atoms in total. The van der Waals surface area contributed by atoms with Gasteiger partial charge in [0, 0.05) is 18.8 Å². The first-order chi connectivity index (χ1) is 17.7. The monoisotopic (exact) mass is 507 g/mol. The standard InChI is InChI=1S/C27H33N5O5/c1-17(2)10-24(32-16-29-22-7-5-4-6-21(22)27(32)36)26(35)30-23(12-25(33)34)19-11-20(14-28-13-19)31-8-9-37-15-18(31)3/h4-7,11,13-14,16-18,23-24H,8-10,12,15H2,1-3H3,(H,30,35)(H,33,34). The van der Waals surface area contributed by atoms with Crippen molar-refractivity contribution >= 4 is 28.5 Å². The number of aliphatic carboxylic acids is 1. The van der Waals surface area contributed by atoms with Crippen molar-refractivity contribution in [3.63, 3.8) is 0 Å². The van der Waals surface area contributed by atoms with E-state index < -0.39 is 24.0 Å². The van der Waals surface area contributed by atoms with Gasteiger partial charge in [-0.3, -0.25) is 23.9 Å². The molecule has 0 radical (unpaired) electrons. The van der Waals surface area contributed by atoms with Crippen LogP contribution >= 0.6 is 0 Å². The molecule has 3 unspecified atom stereocenters. The molecular weight excluding hydrogens is 474 g/mol. The summed E-state index contributed by atoms with van der Waals surface area (Å²) in [6, 6.07) is 7.31. The molecule has 1 fully saturated rings. The van der Waals surface area contributed by atoms with Crippen LogP contribution in [0.15, 0.2) is 53.8 Å². The van der Waals surface area contributed by atoms with Gasteiger partial charge in [-0.2, -0.15) is 0 Å². The van der Waals surface area contributed by atoms with E-state index in [0.717, 1.165) is 5.69 Å². The number of carbonyl (C=O) groups excluding carboxylic acids is 1. The Labute approximate surface area is 215 Å². The van der Waals surface area contributed by atoms with Crippen molar-refractivity contribution in [1.82, 2.24) is 19.9 Å². The van der Waals surface area contributed by atoms with Crippen LogP contribution in [0.3, 0.4) is 0 Å². The van der Waals surface area contributed by atoms with E-state index in [1.165, 1.54) is 10.9 Å². The SMILES string of the molecule is CC(C)CC(C(=O)NC(CC(=O)O)c1cncc(N2CCOCC2C)c1)n1cnc2ccccc2c1=O. The summed E-state index contributed by atoms with van der Waals surface area (Å²) in [6.45, 7) is 7.85. The molecule has 196 valence electrons. The molecule has 1 aliphatic rings. The molecule has 3 aromatic rings. The first-order valence-electron chi connectivity index (χ1n) is 12.5. The molecule has 2 N–H and O–H groups in total. The lowest BCUT2D eigenvalue weighted by molar-refractivity contribution is -0.138. The number of pyridine rings is 1. The molecule has 3 atom stereocenters. The number of fused-ring (bicyclic) bond motifs is 1. The van der Waals surface area contributed by atoms with Crippen molar-refractivity contribution in [2.45, 2.75) is 51.7 Å². The number of para-hydroxylation sites is 1. The van der Waals surface area contributed by atoms with Gasteiger partial charge in [-0.15, -0.1) is 0 Å². The van der Waals surface area contributed by atoms with E-state index in [9.17, 15) is 19.5 Å². The Kier molecular flexibility index (Phi) is 8.17. The van der Waals surface area contributed by atoms with Crippen molar-refractivity contribution in [2.75, 3.05) is 24.7 Å².